The number of piperazine rings is 1. The lowest BCUT2D eigenvalue weighted by atomic mass is 10.0. The molecule has 31 heavy (non-hydrogen) atoms. The van der Waals surface area contributed by atoms with Gasteiger partial charge in [0.2, 0.25) is 11.9 Å². The summed E-state index contributed by atoms with van der Waals surface area (Å²) in [5, 5.41) is 13.7. The van der Waals surface area contributed by atoms with Crippen LogP contribution in [0.4, 0.5) is 11.6 Å². The average molecular weight is 422 g/mol. The normalized spacial score (nSPS) is 15.9. The van der Waals surface area contributed by atoms with Crippen molar-refractivity contribution in [2.75, 3.05) is 36.4 Å². The van der Waals surface area contributed by atoms with E-state index in [2.05, 4.69) is 25.2 Å². The summed E-state index contributed by atoms with van der Waals surface area (Å²) in [7, 11) is 0. The van der Waals surface area contributed by atoms with E-state index in [-0.39, 0.29) is 11.8 Å². The maximum Gasteiger partial charge on any atom is 0.325 e. The summed E-state index contributed by atoms with van der Waals surface area (Å²) in [6, 6.07) is 6.52. The van der Waals surface area contributed by atoms with E-state index in [9.17, 15) is 14.7 Å². The second-order valence-electron chi connectivity index (χ2n) is 7.96. The molecule has 2 aromatic heterocycles. The van der Waals surface area contributed by atoms with Crippen molar-refractivity contribution in [3.8, 4) is 0 Å². The molecule has 3 heterocycles. The number of carbonyl (C=O) groups excluding carboxylic acids is 1. The molecule has 1 aromatic carbocycles. The molecule has 1 amide bonds. The van der Waals surface area contributed by atoms with Crippen molar-refractivity contribution in [3.63, 3.8) is 0 Å². The Bertz CT molecular complexity index is 1070. The van der Waals surface area contributed by atoms with Gasteiger partial charge in [0, 0.05) is 72.8 Å². The SMILES string of the molecule is CC(C)C(=O)Nc1ccc2c([C@@H](C(=O)O)N3CCN(c4ncccn4)CC3)c[nH]c2c1. The first-order valence-electron chi connectivity index (χ1n) is 10.3. The van der Waals surface area contributed by atoms with Gasteiger partial charge in [-0.25, -0.2) is 9.97 Å². The van der Waals surface area contributed by atoms with E-state index in [1.165, 1.54) is 0 Å². The molecule has 1 aliphatic rings. The maximum absolute atomic E-state index is 12.2. The molecule has 1 fully saturated rings. The number of aromatic nitrogens is 3. The number of carboxylic acid groups (broad SMARTS) is 1. The Hall–Kier alpha value is -3.46. The highest BCUT2D eigenvalue weighted by Crippen LogP contribution is 2.31. The largest absolute Gasteiger partial charge is 0.480 e. The van der Waals surface area contributed by atoms with Crippen LogP contribution in [0.3, 0.4) is 0 Å². The van der Waals surface area contributed by atoms with Gasteiger partial charge in [-0.05, 0) is 18.2 Å². The number of nitrogens with one attached hydrogen (secondary N) is 2. The maximum atomic E-state index is 12.2. The molecule has 0 bridgehead atoms. The topological polar surface area (TPSA) is 114 Å². The second-order valence-corrected chi connectivity index (χ2v) is 7.96. The van der Waals surface area contributed by atoms with Gasteiger partial charge in [-0.1, -0.05) is 19.9 Å². The number of benzene rings is 1. The van der Waals surface area contributed by atoms with Crippen LogP contribution in [0.2, 0.25) is 0 Å². The molecule has 0 spiro atoms. The van der Waals surface area contributed by atoms with Gasteiger partial charge in [0.15, 0.2) is 0 Å². The van der Waals surface area contributed by atoms with Crippen LogP contribution in [-0.2, 0) is 9.59 Å². The minimum atomic E-state index is -0.887. The summed E-state index contributed by atoms with van der Waals surface area (Å²) in [5.74, 6) is -0.402. The fourth-order valence-electron chi connectivity index (χ4n) is 3.86. The van der Waals surface area contributed by atoms with E-state index in [1.54, 1.807) is 24.7 Å². The predicted octanol–water partition coefficient (Wildman–Crippen LogP) is 2.50. The van der Waals surface area contributed by atoms with E-state index in [0.29, 0.717) is 43.4 Å². The smallest absolute Gasteiger partial charge is 0.325 e. The number of aromatic amines is 1. The zero-order valence-corrected chi connectivity index (χ0v) is 17.6. The van der Waals surface area contributed by atoms with Crippen LogP contribution >= 0.6 is 0 Å². The highest BCUT2D eigenvalue weighted by Gasteiger charge is 2.32. The number of amides is 1. The number of hydrogen-bond acceptors (Lipinski definition) is 6. The number of anilines is 2. The zero-order chi connectivity index (χ0) is 22.0. The van der Waals surface area contributed by atoms with E-state index in [4.69, 9.17) is 0 Å². The number of rotatable bonds is 6. The molecule has 4 rings (SSSR count). The number of aliphatic carboxylic acids is 1. The molecule has 1 aliphatic heterocycles. The standard InChI is InChI=1S/C22H26N6O3/c1-14(2)20(29)26-15-4-5-16-17(13-25-18(16)12-15)19(21(30)31)27-8-10-28(11-9-27)22-23-6-3-7-24-22/h3-7,12-14,19,25H,8-11H2,1-2H3,(H,26,29)(H,30,31)/t19-/m0/s1. The molecule has 9 heteroatoms. The van der Waals surface area contributed by atoms with Crippen LogP contribution in [0.5, 0.6) is 0 Å². The molecule has 3 aromatic rings. The Labute approximate surface area is 180 Å². The van der Waals surface area contributed by atoms with Crippen LogP contribution in [0, 0.1) is 5.92 Å². The summed E-state index contributed by atoms with van der Waals surface area (Å²) in [5.41, 5.74) is 2.19. The van der Waals surface area contributed by atoms with Crippen molar-refractivity contribution in [3.05, 3.63) is 48.4 Å². The number of nitrogens with zero attached hydrogens (tertiary/aromatic N) is 4. The van der Waals surface area contributed by atoms with Gasteiger partial charge in [-0.3, -0.25) is 14.5 Å². The number of carbonyl (C=O) groups is 2. The predicted molar refractivity (Wildman–Crippen MR) is 118 cm³/mol. The van der Waals surface area contributed by atoms with Crippen LogP contribution in [0.15, 0.2) is 42.9 Å². The summed E-state index contributed by atoms with van der Waals surface area (Å²) < 4.78 is 0. The van der Waals surface area contributed by atoms with Gasteiger partial charge in [-0.15, -0.1) is 0 Å². The summed E-state index contributed by atoms with van der Waals surface area (Å²) in [6.07, 6.45) is 5.17. The van der Waals surface area contributed by atoms with Gasteiger partial charge < -0.3 is 20.3 Å². The number of carboxylic acids is 1. The minimum absolute atomic E-state index is 0.0604. The third kappa shape index (κ3) is 4.36. The first-order chi connectivity index (χ1) is 14.9. The molecule has 162 valence electrons. The summed E-state index contributed by atoms with van der Waals surface area (Å²) >= 11 is 0. The third-order valence-electron chi connectivity index (χ3n) is 5.55. The fourth-order valence-corrected chi connectivity index (χ4v) is 3.86. The second kappa shape index (κ2) is 8.73. The van der Waals surface area contributed by atoms with Crippen molar-refractivity contribution in [1.82, 2.24) is 19.9 Å². The third-order valence-corrected chi connectivity index (χ3v) is 5.55. The lowest BCUT2D eigenvalue weighted by Crippen LogP contribution is -2.49. The van der Waals surface area contributed by atoms with Crippen molar-refractivity contribution in [2.45, 2.75) is 19.9 Å². The van der Waals surface area contributed by atoms with E-state index in [1.807, 2.05) is 36.9 Å². The van der Waals surface area contributed by atoms with Crippen LogP contribution in [-0.4, -0.2) is 63.0 Å². The Balaban J connectivity index is 1.53. The van der Waals surface area contributed by atoms with Crippen LogP contribution in [0.25, 0.3) is 10.9 Å². The van der Waals surface area contributed by atoms with Gasteiger partial charge in [-0.2, -0.15) is 0 Å². The van der Waals surface area contributed by atoms with E-state index >= 15 is 0 Å². The number of hydrogen-bond donors (Lipinski definition) is 3. The zero-order valence-electron chi connectivity index (χ0n) is 17.6. The van der Waals surface area contributed by atoms with Crippen LogP contribution < -0.4 is 10.2 Å². The molecule has 3 N–H and O–H groups in total. The molecular formula is C22H26N6O3. The lowest BCUT2D eigenvalue weighted by molar-refractivity contribution is -0.143. The van der Waals surface area contributed by atoms with Gasteiger partial charge in [0.25, 0.3) is 0 Å². The van der Waals surface area contributed by atoms with Gasteiger partial charge in [0.05, 0.1) is 0 Å². The Morgan fingerprint density at radius 1 is 1.13 bits per heavy atom. The first-order valence-corrected chi connectivity index (χ1v) is 10.3. The van der Waals surface area contributed by atoms with Crippen molar-refractivity contribution >= 4 is 34.4 Å². The number of fused-ring (bicyclic) bond motifs is 1. The lowest BCUT2D eigenvalue weighted by Gasteiger charge is -2.37. The molecule has 0 unspecified atom stereocenters. The fraction of sp³-hybridized carbons (Fsp3) is 0.364. The molecule has 0 aliphatic carbocycles. The van der Waals surface area contributed by atoms with E-state index in [0.717, 1.165) is 10.9 Å². The van der Waals surface area contributed by atoms with Gasteiger partial charge >= 0.3 is 5.97 Å². The monoisotopic (exact) mass is 422 g/mol. The van der Waals surface area contributed by atoms with Gasteiger partial charge in [0.1, 0.15) is 6.04 Å². The molecule has 0 saturated carbocycles. The highest BCUT2D eigenvalue weighted by atomic mass is 16.4. The van der Waals surface area contributed by atoms with Crippen molar-refractivity contribution in [2.24, 2.45) is 5.92 Å². The quantitative estimate of drug-likeness (QED) is 0.559. The number of H-pyrrole nitrogens is 1. The Kier molecular flexibility index (Phi) is 5.85. The van der Waals surface area contributed by atoms with Crippen molar-refractivity contribution < 1.29 is 14.7 Å². The molecule has 1 saturated heterocycles. The molecular weight excluding hydrogens is 396 g/mol. The molecule has 0 radical (unpaired) electrons. The molecule has 9 nitrogen and oxygen atoms in total. The Morgan fingerprint density at radius 2 is 1.84 bits per heavy atom. The summed E-state index contributed by atoms with van der Waals surface area (Å²) in [4.78, 5) is 40.0. The van der Waals surface area contributed by atoms with Crippen molar-refractivity contribution in [1.29, 1.82) is 0 Å². The minimum Gasteiger partial charge on any atom is -0.480 e. The Morgan fingerprint density at radius 3 is 2.48 bits per heavy atom. The van der Waals surface area contributed by atoms with Crippen LogP contribution in [0.1, 0.15) is 25.5 Å². The molecule has 1 atom stereocenters. The first kappa shape index (κ1) is 20.8. The average Bonchev–Trinajstić information content (AvgIpc) is 3.17. The summed E-state index contributed by atoms with van der Waals surface area (Å²) in [6.45, 7) is 6.15. The highest BCUT2D eigenvalue weighted by molar-refractivity contribution is 5.96. The van der Waals surface area contributed by atoms with E-state index < -0.39 is 12.0 Å².